The van der Waals surface area contributed by atoms with Gasteiger partial charge in [-0.25, -0.2) is 0 Å². The summed E-state index contributed by atoms with van der Waals surface area (Å²) in [6, 6.07) is 26.3. The third-order valence-electron chi connectivity index (χ3n) is 7.64. The van der Waals surface area contributed by atoms with Crippen molar-refractivity contribution in [3.8, 4) is 0 Å². The molecule has 0 spiro atoms. The van der Waals surface area contributed by atoms with Gasteiger partial charge in [-0.15, -0.1) is 0 Å². The van der Waals surface area contributed by atoms with Crippen molar-refractivity contribution in [2.24, 2.45) is 5.92 Å². The van der Waals surface area contributed by atoms with Crippen LogP contribution in [-0.2, 0) is 21.2 Å². The van der Waals surface area contributed by atoms with Gasteiger partial charge in [-0.05, 0) is 0 Å². The molecule has 0 aliphatic heterocycles. The fourth-order valence-corrected chi connectivity index (χ4v) is 27.4. The summed E-state index contributed by atoms with van der Waals surface area (Å²) in [6.45, 7) is 15.4. The zero-order valence-corrected chi connectivity index (χ0v) is 27.9. The van der Waals surface area contributed by atoms with E-state index in [0.29, 0.717) is 5.92 Å². The van der Waals surface area contributed by atoms with Gasteiger partial charge < -0.3 is 24.8 Å². The van der Waals surface area contributed by atoms with Crippen molar-refractivity contribution in [1.29, 1.82) is 0 Å². The molecule has 1 unspecified atom stereocenters. The standard InChI is InChI=1S/C12H11Si.C10H13NO.C9H13.2ClH.Zr/c1-3-7-11(8-4-1)13-12-9-5-2-6-10-12;1-6-4-7(2)9(10(11)12)8(3)5-6;1-6-5-7(2)9(4)8(6)3;;;/h1-10,13H;4-5H,1-3H3,(H2,11,12);6H,1-4H3;2*1H;/q;;;;;+3/p-3. The Morgan fingerprint density at radius 1 is 0.757 bits per heavy atom. The summed E-state index contributed by atoms with van der Waals surface area (Å²) in [5, 5.41) is 2.86. The first-order valence-electron chi connectivity index (χ1n) is 12.5. The van der Waals surface area contributed by atoms with E-state index in [9.17, 15) is 4.79 Å². The van der Waals surface area contributed by atoms with Gasteiger partial charge in [0.1, 0.15) is 0 Å². The Bertz CT molecular complexity index is 1260. The van der Waals surface area contributed by atoms with Crippen molar-refractivity contribution in [3.05, 3.63) is 115 Å². The Hall–Kier alpha value is -1.71. The average molecular weight is 629 g/mol. The predicted octanol–water partition coefficient (Wildman–Crippen LogP) is -0.319. The first-order chi connectivity index (χ1) is 16.7. The molecule has 6 heteroatoms. The average Bonchev–Trinajstić information content (AvgIpc) is 3.02. The van der Waals surface area contributed by atoms with Crippen LogP contribution in [0.1, 0.15) is 54.7 Å². The van der Waals surface area contributed by atoms with Gasteiger partial charge in [-0.3, -0.25) is 0 Å². The molecule has 0 fully saturated rings. The van der Waals surface area contributed by atoms with E-state index in [0.717, 1.165) is 16.7 Å². The van der Waals surface area contributed by atoms with Crippen LogP contribution < -0.4 is 38.4 Å². The van der Waals surface area contributed by atoms with Crippen LogP contribution in [0.15, 0.2) is 92.8 Å². The number of allylic oxidation sites excluding steroid dienone is 4. The number of carbonyl (C=O) groups excluding carboxylic acids is 1. The maximum Gasteiger partial charge on any atom is -1.00 e. The van der Waals surface area contributed by atoms with E-state index in [4.69, 9.17) is 0 Å². The minimum Gasteiger partial charge on any atom is -1.00 e. The van der Waals surface area contributed by atoms with Gasteiger partial charge >= 0.3 is 221 Å². The van der Waals surface area contributed by atoms with Crippen LogP contribution in [0.2, 0.25) is 0 Å². The first-order valence-corrected chi connectivity index (χ1v) is 20.9. The van der Waals surface area contributed by atoms with Crippen molar-refractivity contribution < 1.29 is 50.8 Å². The van der Waals surface area contributed by atoms with E-state index in [1.54, 1.807) is 3.28 Å². The molecular formula is C31H36Cl2NOSiZr. The van der Waals surface area contributed by atoms with Crippen LogP contribution >= 0.6 is 0 Å². The Morgan fingerprint density at radius 3 is 1.62 bits per heavy atom. The van der Waals surface area contributed by atoms with Gasteiger partial charge in [0.05, 0.1) is 0 Å². The topological polar surface area (TPSA) is 29.1 Å². The molecule has 0 saturated carbocycles. The number of nitrogens with one attached hydrogen (secondary N) is 1. The Labute approximate surface area is 244 Å². The van der Waals surface area contributed by atoms with Crippen molar-refractivity contribution >= 4 is 22.2 Å². The molecule has 3 aromatic rings. The van der Waals surface area contributed by atoms with E-state index in [2.05, 4.69) is 125 Å². The summed E-state index contributed by atoms with van der Waals surface area (Å²) in [5.41, 5.74) is 8.49. The van der Waals surface area contributed by atoms with Gasteiger partial charge in [0.15, 0.2) is 0 Å². The molecule has 1 aliphatic rings. The molecule has 1 amide bonds. The smallest absolute Gasteiger partial charge is 1.00 e. The summed E-state index contributed by atoms with van der Waals surface area (Å²) in [4.78, 5) is 14.0. The Balaban J connectivity index is 0.00000241. The molecule has 0 saturated heterocycles. The molecular weight excluding hydrogens is 593 g/mol. The van der Waals surface area contributed by atoms with Crippen molar-refractivity contribution in [3.63, 3.8) is 0 Å². The normalized spacial score (nSPS) is 14.9. The minimum absolute atomic E-state index is 0. The van der Waals surface area contributed by atoms with Crippen LogP contribution in [0.5, 0.6) is 0 Å². The molecule has 2 nitrogen and oxygen atoms in total. The fourth-order valence-electron chi connectivity index (χ4n) is 5.63. The maximum atomic E-state index is 14.0. The van der Waals surface area contributed by atoms with Crippen molar-refractivity contribution in [2.45, 2.75) is 48.5 Å². The van der Waals surface area contributed by atoms with Crippen LogP contribution in [0.3, 0.4) is 0 Å². The first kappa shape index (κ1) is 31.5. The third-order valence-corrected chi connectivity index (χ3v) is 26.8. The van der Waals surface area contributed by atoms with Gasteiger partial charge in [-0.2, -0.15) is 0 Å². The van der Waals surface area contributed by atoms with Crippen molar-refractivity contribution in [1.82, 2.24) is 3.26 Å². The van der Waals surface area contributed by atoms with Gasteiger partial charge in [-0.1, -0.05) is 0 Å². The van der Waals surface area contributed by atoms with E-state index in [-0.39, 0.29) is 30.7 Å². The van der Waals surface area contributed by atoms with Crippen LogP contribution in [0, 0.1) is 26.7 Å². The summed E-state index contributed by atoms with van der Waals surface area (Å²) in [7, 11) is 0. The SMILES string of the molecule is CC1=C(C)C(C)[C]([Zr+2]([NH]C(=O)c2c(C)cc(C)cc2C)[SiH](c2ccccc2)c2ccccc2)=C1C.[Cl-].[Cl-]. The van der Waals surface area contributed by atoms with Gasteiger partial charge in [0, 0.05) is 0 Å². The van der Waals surface area contributed by atoms with Crippen LogP contribution in [-0.4, -0.2) is 11.8 Å². The number of hydrogen-bond acceptors (Lipinski definition) is 1. The zero-order chi connectivity index (χ0) is 25.3. The molecule has 0 radical (unpaired) electrons. The second-order valence-electron chi connectivity index (χ2n) is 9.96. The molecule has 0 heterocycles. The monoisotopic (exact) mass is 626 g/mol. The molecule has 0 bridgehead atoms. The van der Waals surface area contributed by atoms with Gasteiger partial charge in [0.2, 0.25) is 0 Å². The number of benzene rings is 3. The van der Waals surface area contributed by atoms with Gasteiger partial charge in [0.25, 0.3) is 0 Å². The molecule has 193 valence electrons. The molecule has 1 aliphatic carbocycles. The molecule has 1 atom stereocenters. The van der Waals surface area contributed by atoms with Crippen molar-refractivity contribution in [2.75, 3.05) is 0 Å². The number of hydrogen-bond donors (Lipinski definition) is 1. The second-order valence-corrected chi connectivity index (χ2v) is 23.8. The maximum absolute atomic E-state index is 14.0. The molecule has 1 N–H and O–H groups in total. The van der Waals surface area contributed by atoms with E-state index in [1.807, 2.05) is 0 Å². The summed E-state index contributed by atoms with van der Waals surface area (Å²) in [6.07, 6.45) is 0. The number of rotatable bonds is 6. The van der Waals surface area contributed by atoms with E-state index >= 15 is 0 Å². The molecule has 3 aromatic carbocycles. The quantitative estimate of drug-likeness (QED) is 0.373. The largest absolute Gasteiger partial charge is 1.00 e. The fraction of sp³-hybridized carbons (Fsp3) is 0.258. The van der Waals surface area contributed by atoms with Crippen LogP contribution in [0.4, 0.5) is 0 Å². The summed E-state index contributed by atoms with van der Waals surface area (Å²) >= 11 is -2.75. The van der Waals surface area contributed by atoms with E-state index in [1.165, 1.54) is 32.7 Å². The summed E-state index contributed by atoms with van der Waals surface area (Å²) in [5.74, 6) is -1.18. The second kappa shape index (κ2) is 13.4. The molecule has 37 heavy (non-hydrogen) atoms. The minimum atomic E-state index is -2.75. The number of carbonyl (C=O) groups is 1. The summed E-state index contributed by atoms with van der Waals surface area (Å²) < 4.78 is 5.38. The van der Waals surface area contributed by atoms with Crippen LogP contribution in [0.25, 0.3) is 0 Å². The number of amides is 1. The zero-order valence-electron chi connectivity index (χ0n) is 22.7. The number of aryl methyl sites for hydroxylation is 3. The third kappa shape index (κ3) is 6.48. The predicted molar refractivity (Wildman–Crippen MR) is 148 cm³/mol. The number of halogens is 2. The Morgan fingerprint density at radius 2 is 1.22 bits per heavy atom. The van der Waals surface area contributed by atoms with E-state index < -0.39 is 27.1 Å². The molecule has 4 rings (SSSR count). The molecule has 0 aromatic heterocycles. The Kier molecular flexibility index (Phi) is 11.4.